The van der Waals surface area contributed by atoms with E-state index in [1.54, 1.807) is 0 Å². The van der Waals surface area contributed by atoms with Crippen LogP contribution in [0.4, 0.5) is 0 Å². The second-order valence-corrected chi connectivity index (χ2v) is 5.57. The summed E-state index contributed by atoms with van der Waals surface area (Å²) in [5.41, 5.74) is 0. The van der Waals surface area contributed by atoms with Gasteiger partial charge in [0.25, 0.3) is 0 Å². The first-order valence-corrected chi connectivity index (χ1v) is 7.61. The molecule has 2 heterocycles. The number of nitrogens with one attached hydrogen (secondary N) is 2. The highest BCUT2D eigenvalue weighted by Crippen LogP contribution is 2.22. The fourth-order valence-corrected chi connectivity index (χ4v) is 3.05. The van der Waals surface area contributed by atoms with Gasteiger partial charge in [-0.3, -0.25) is 14.5 Å². The summed E-state index contributed by atoms with van der Waals surface area (Å²) in [6, 6.07) is -0.493. The lowest BCUT2D eigenvalue weighted by molar-refractivity contribution is -0.138. The van der Waals surface area contributed by atoms with E-state index in [9.17, 15) is 9.59 Å². The maximum absolute atomic E-state index is 12.6. The largest absolute Gasteiger partial charge is 0.344 e. The van der Waals surface area contributed by atoms with Gasteiger partial charge >= 0.3 is 0 Å². The van der Waals surface area contributed by atoms with Crippen molar-refractivity contribution in [1.82, 2.24) is 20.4 Å². The Morgan fingerprint density at radius 2 is 2.10 bits per heavy atom. The lowest BCUT2D eigenvalue weighted by atomic mass is 10.1. The third-order valence-electron chi connectivity index (χ3n) is 4.25. The third-order valence-corrected chi connectivity index (χ3v) is 4.25. The van der Waals surface area contributed by atoms with Gasteiger partial charge in [0.15, 0.2) is 0 Å². The monoisotopic (exact) mass is 292 g/mol. The van der Waals surface area contributed by atoms with Crippen molar-refractivity contribution in [1.29, 1.82) is 0 Å². The smallest absolute Gasteiger partial charge is 0.240 e. The van der Waals surface area contributed by atoms with Gasteiger partial charge in [0.1, 0.15) is 0 Å². The van der Waals surface area contributed by atoms with Crippen molar-refractivity contribution in [2.75, 3.05) is 39.3 Å². The quantitative estimate of drug-likeness (QED) is 0.654. The predicted octanol–water partition coefficient (Wildman–Crippen LogP) is -0.979. The van der Waals surface area contributed by atoms with E-state index < -0.39 is 0 Å². The van der Waals surface area contributed by atoms with Crippen LogP contribution in [0.25, 0.3) is 0 Å². The molecule has 0 aromatic heterocycles. The molecule has 0 spiro atoms. The van der Waals surface area contributed by atoms with Crippen LogP contribution < -0.4 is 10.6 Å². The molecular weight excluding hydrogens is 268 g/mol. The molecule has 2 unspecified atom stereocenters. The first-order chi connectivity index (χ1) is 10.1. The Kier molecular flexibility index (Phi) is 5.59. The van der Waals surface area contributed by atoms with E-state index in [0.29, 0.717) is 0 Å². The van der Waals surface area contributed by atoms with Crippen molar-refractivity contribution in [3.8, 4) is 12.3 Å². The molecule has 2 amide bonds. The first kappa shape index (κ1) is 15.8. The van der Waals surface area contributed by atoms with Crippen LogP contribution in [-0.4, -0.2) is 73.0 Å². The SMILES string of the molecule is C#CCNC(=O)C(C)N1CCCC1C(=O)N1CCNCC1. The van der Waals surface area contributed by atoms with Gasteiger partial charge in [-0.1, -0.05) is 5.92 Å². The number of piperazine rings is 1. The number of terminal acetylenes is 1. The first-order valence-electron chi connectivity index (χ1n) is 7.61. The molecule has 0 bridgehead atoms. The number of nitrogens with zero attached hydrogens (tertiary/aromatic N) is 2. The van der Waals surface area contributed by atoms with Gasteiger partial charge < -0.3 is 15.5 Å². The van der Waals surface area contributed by atoms with Gasteiger partial charge in [-0.25, -0.2) is 0 Å². The summed E-state index contributed by atoms with van der Waals surface area (Å²) in [7, 11) is 0. The lowest BCUT2D eigenvalue weighted by Gasteiger charge is -2.34. The molecular formula is C15H24N4O2. The van der Waals surface area contributed by atoms with E-state index in [2.05, 4.69) is 16.6 Å². The van der Waals surface area contributed by atoms with Crippen LogP contribution in [0, 0.1) is 12.3 Å². The maximum atomic E-state index is 12.6. The summed E-state index contributed by atoms with van der Waals surface area (Å²) in [5.74, 6) is 2.45. The highest BCUT2D eigenvalue weighted by Gasteiger charge is 2.38. The number of hydrogen-bond donors (Lipinski definition) is 2. The Bertz CT molecular complexity index is 426. The Hall–Kier alpha value is -1.58. The van der Waals surface area contributed by atoms with E-state index in [0.717, 1.165) is 45.6 Å². The Morgan fingerprint density at radius 3 is 2.76 bits per heavy atom. The molecule has 21 heavy (non-hydrogen) atoms. The molecule has 2 atom stereocenters. The predicted molar refractivity (Wildman–Crippen MR) is 80.5 cm³/mol. The minimum Gasteiger partial charge on any atom is -0.344 e. The lowest BCUT2D eigenvalue weighted by Crippen LogP contribution is -2.55. The zero-order chi connectivity index (χ0) is 15.2. The second-order valence-electron chi connectivity index (χ2n) is 5.57. The molecule has 0 saturated carbocycles. The highest BCUT2D eigenvalue weighted by molar-refractivity contribution is 5.85. The van der Waals surface area contributed by atoms with E-state index in [1.165, 1.54) is 0 Å². The molecule has 0 aliphatic carbocycles. The zero-order valence-electron chi connectivity index (χ0n) is 12.6. The number of carbonyl (C=O) groups excluding carboxylic acids is 2. The molecule has 6 nitrogen and oxygen atoms in total. The maximum Gasteiger partial charge on any atom is 0.240 e. The van der Waals surface area contributed by atoms with Crippen molar-refractivity contribution < 1.29 is 9.59 Å². The van der Waals surface area contributed by atoms with Gasteiger partial charge in [0.05, 0.1) is 18.6 Å². The molecule has 2 aliphatic rings. The van der Waals surface area contributed by atoms with Crippen LogP contribution >= 0.6 is 0 Å². The van der Waals surface area contributed by atoms with Crippen LogP contribution in [-0.2, 0) is 9.59 Å². The van der Waals surface area contributed by atoms with Gasteiger partial charge in [0.2, 0.25) is 11.8 Å². The van der Waals surface area contributed by atoms with Gasteiger partial charge in [-0.15, -0.1) is 6.42 Å². The summed E-state index contributed by atoms with van der Waals surface area (Å²) in [5, 5.41) is 5.94. The van der Waals surface area contributed by atoms with E-state index >= 15 is 0 Å². The van der Waals surface area contributed by atoms with Crippen molar-refractivity contribution in [3.63, 3.8) is 0 Å². The molecule has 6 heteroatoms. The van der Waals surface area contributed by atoms with Crippen LogP contribution in [0.15, 0.2) is 0 Å². The molecule has 2 fully saturated rings. The Labute approximate surface area is 126 Å². The topological polar surface area (TPSA) is 64.7 Å². The van der Waals surface area contributed by atoms with Crippen molar-refractivity contribution in [2.24, 2.45) is 0 Å². The number of likely N-dealkylation sites (tertiary alicyclic amines) is 1. The molecule has 116 valence electrons. The molecule has 2 saturated heterocycles. The average Bonchev–Trinajstić information content (AvgIpc) is 3.01. The standard InChI is InChI=1S/C15H24N4O2/c1-3-6-17-14(20)12(2)19-9-4-5-13(19)15(21)18-10-7-16-8-11-18/h1,12-13,16H,4-11H2,2H3,(H,17,20). The molecule has 0 aromatic carbocycles. The van der Waals surface area contributed by atoms with Crippen molar-refractivity contribution in [3.05, 3.63) is 0 Å². The zero-order valence-corrected chi connectivity index (χ0v) is 12.6. The van der Waals surface area contributed by atoms with E-state index in [-0.39, 0.29) is 30.4 Å². The summed E-state index contributed by atoms with van der Waals surface area (Å²) >= 11 is 0. The van der Waals surface area contributed by atoms with Crippen LogP contribution in [0.3, 0.4) is 0 Å². The third kappa shape index (κ3) is 3.74. The Balaban J connectivity index is 1.97. The average molecular weight is 292 g/mol. The Morgan fingerprint density at radius 1 is 1.38 bits per heavy atom. The molecule has 2 N–H and O–H groups in total. The normalized spacial score (nSPS) is 24.4. The number of carbonyl (C=O) groups is 2. The molecule has 2 rings (SSSR count). The minimum atomic E-state index is -0.322. The number of amides is 2. The number of rotatable bonds is 4. The highest BCUT2D eigenvalue weighted by atomic mass is 16.2. The van der Waals surface area contributed by atoms with Crippen LogP contribution in [0.1, 0.15) is 19.8 Å². The van der Waals surface area contributed by atoms with Crippen LogP contribution in [0.2, 0.25) is 0 Å². The number of hydrogen-bond acceptors (Lipinski definition) is 4. The summed E-state index contributed by atoms with van der Waals surface area (Å²) in [6.07, 6.45) is 6.94. The summed E-state index contributed by atoms with van der Waals surface area (Å²) in [6.45, 7) is 6.05. The molecule has 0 aromatic rings. The van der Waals surface area contributed by atoms with Crippen molar-refractivity contribution >= 4 is 11.8 Å². The van der Waals surface area contributed by atoms with Crippen molar-refractivity contribution in [2.45, 2.75) is 31.8 Å². The van der Waals surface area contributed by atoms with Gasteiger partial charge in [0, 0.05) is 26.2 Å². The fourth-order valence-electron chi connectivity index (χ4n) is 3.05. The minimum absolute atomic E-state index is 0.104. The van der Waals surface area contributed by atoms with E-state index in [4.69, 9.17) is 6.42 Å². The van der Waals surface area contributed by atoms with Crippen LogP contribution in [0.5, 0.6) is 0 Å². The second kappa shape index (κ2) is 7.43. The molecule has 2 aliphatic heterocycles. The summed E-state index contributed by atoms with van der Waals surface area (Å²) in [4.78, 5) is 28.6. The van der Waals surface area contributed by atoms with E-state index in [1.807, 2.05) is 16.7 Å². The van der Waals surface area contributed by atoms with Gasteiger partial charge in [-0.05, 0) is 26.3 Å². The molecule has 0 radical (unpaired) electrons. The fraction of sp³-hybridized carbons (Fsp3) is 0.733. The summed E-state index contributed by atoms with van der Waals surface area (Å²) < 4.78 is 0. The van der Waals surface area contributed by atoms with Gasteiger partial charge in [-0.2, -0.15) is 0 Å².